The largest absolute Gasteiger partial charge is 0.394 e. The van der Waals surface area contributed by atoms with Crippen LogP contribution >= 0.6 is 0 Å². The maximum atomic E-state index is 11.8. The highest BCUT2D eigenvalue weighted by molar-refractivity contribution is 5.74. The van der Waals surface area contributed by atoms with Crippen molar-refractivity contribution in [2.45, 2.75) is 32.2 Å². The van der Waals surface area contributed by atoms with E-state index in [4.69, 9.17) is 5.11 Å². The van der Waals surface area contributed by atoms with Gasteiger partial charge >= 0.3 is 6.03 Å². The van der Waals surface area contributed by atoms with E-state index in [-0.39, 0.29) is 18.7 Å². The van der Waals surface area contributed by atoms with Crippen LogP contribution in [0.2, 0.25) is 0 Å². The molecule has 1 heterocycles. The summed E-state index contributed by atoms with van der Waals surface area (Å²) in [5.74, 6) is 0. The van der Waals surface area contributed by atoms with Crippen LogP contribution in [0.5, 0.6) is 0 Å². The van der Waals surface area contributed by atoms with Crippen molar-refractivity contribution in [1.82, 2.24) is 9.80 Å². The lowest BCUT2D eigenvalue weighted by molar-refractivity contribution is 0.120. The van der Waals surface area contributed by atoms with E-state index in [1.54, 1.807) is 11.9 Å². The SMILES string of the molecule is CC(CO)N(C)C(=O)N1CCCCC1. The van der Waals surface area contributed by atoms with Crippen LogP contribution in [0.15, 0.2) is 0 Å². The lowest BCUT2D eigenvalue weighted by Gasteiger charge is -2.33. The fourth-order valence-corrected chi connectivity index (χ4v) is 1.62. The Morgan fingerprint density at radius 1 is 1.43 bits per heavy atom. The number of likely N-dealkylation sites (tertiary alicyclic amines) is 1. The Balaban J connectivity index is 2.46. The van der Waals surface area contributed by atoms with Crippen LogP contribution < -0.4 is 0 Å². The topological polar surface area (TPSA) is 43.8 Å². The zero-order valence-electron chi connectivity index (χ0n) is 9.07. The maximum absolute atomic E-state index is 11.8. The molecule has 1 unspecified atom stereocenters. The van der Waals surface area contributed by atoms with Crippen molar-refractivity contribution in [1.29, 1.82) is 0 Å². The van der Waals surface area contributed by atoms with Crippen LogP contribution in [0.25, 0.3) is 0 Å². The highest BCUT2D eigenvalue weighted by Crippen LogP contribution is 2.11. The van der Waals surface area contributed by atoms with Crippen LogP contribution in [0.4, 0.5) is 4.79 Å². The average Bonchev–Trinajstić information content (AvgIpc) is 2.27. The molecule has 0 aliphatic carbocycles. The minimum absolute atomic E-state index is 0.0239. The van der Waals surface area contributed by atoms with Crippen LogP contribution in [0.3, 0.4) is 0 Å². The minimum Gasteiger partial charge on any atom is -0.394 e. The Labute approximate surface area is 85.5 Å². The summed E-state index contributed by atoms with van der Waals surface area (Å²) in [6, 6.07) is -0.0457. The predicted molar refractivity (Wildman–Crippen MR) is 55.1 cm³/mol. The number of hydrogen-bond donors (Lipinski definition) is 1. The molecule has 0 radical (unpaired) electrons. The molecule has 1 aliphatic heterocycles. The number of piperidine rings is 1. The molecule has 0 aromatic carbocycles. The van der Waals surface area contributed by atoms with Crippen molar-refractivity contribution in [3.63, 3.8) is 0 Å². The summed E-state index contributed by atoms with van der Waals surface area (Å²) in [7, 11) is 1.75. The van der Waals surface area contributed by atoms with Gasteiger partial charge in [0.1, 0.15) is 0 Å². The van der Waals surface area contributed by atoms with Crippen molar-refractivity contribution in [2.24, 2.45) is 0 Å². The lowest BCUT2D eigenvalue weighted by atomic mass is 10.1. The van der Waals surface area contributed by atoms with Crippen molar-refractivity contribution < 1.29 is 9.90 Å². The molecule has 1 atom stereocenters. The number of likely N-dealkylation sites (N-methyl/N-ethyl adjacent to an activating group) is 1. The van der Waals surface area contributed by atoms with E-state index in [0.717, 1.165) is 25.9 Å². The quantitative estimate of drug-likeness (QED) is 0.720. The number of amides is 2. The zero-order valence-corrected chi connectivity index (χ0v) is 9.07. The normalized spacial score (nSPS) is 19.2. The van der Waals surface area contributed by atoms with E-state index in [9.17, 15) is 4.79 Å². The van der Waals surface area contributed by atoms with E-state index < -0.39 is 0 Å². The summed E-state index contributed by atoms with van der Waals surface area (Å²) >= 11 is 0. The van der Waals surface area contributed by atoms with Gasteiger partial charge < -0.3 is 14.9 Å². The summed E-state index contributed by atoms with van der Waals surface area (Å²) in [5, 5.41) is 8.94. The first-order valence-corrected chi connectivity index (χ1v) is 5.29. The first-order valence-electron chi connectivity index (χ1n) is 5.29. The van der Waals surface area contributed by atoms with Gasteiger partial charge in [-0.05, 0) is 26.2 Å². The van der Waals surface area contributed by atoms with Gasteiger partial charge in [-0.25, -0.2) is 4.79 Å². The number of rotatable bonds is 2. The fourth-order valence-electron chi connectivity index (χ4n) is 1.62. The number of urea groups is 1. The molecular weight excluding hydrogens is 180 g/mol. The highest BCUT2D eigenvalue weighted by Gasteiger charge is 2.22. The third kappa shape index (κ3) is 2.61. The standard InChI is InChI=1S/C10H20N2O2/c1-9(8-13)11(2)10(14)12-6-4-3-5-7-12/h9,13H,3-8H2,1-2H3. The van der Waals surface area contributed by atoms with Crippen molar-refractivity contribution >= 4 is 6.03 Å². The van der Waals surface area contributed by atoms with Gasteiger partial charge in [0.15, 0.2) is 0 Å². The molecule has 14 heavy (non-hydrogen) atoms. The minimum atomic E-state index is -0.0931. The molecule has 1 aliphatic rings. The first kappa shape index (κ1) is 11.3. The zero-order chi connectivity index (χ0) is 10.6. The molecular formula is C10H20N2O2. The molecule has 0 spiro atoms. The molecule has 0 saturated carbocycles. The molecule has 0 aromatic rings. The number of hydrogen-bond acceptors (Lipinski definition) is 2. The molecule has 0 bridgehead atoms. The van der Waals surface area contributed by atoms with Gasteiger partial charge in [-0.2, -0.15) is 0 Å². The predicted octanol–water partition coefficient (Wildman–Crippen LogP) is 0.905. The molecule has 1 rings (SSSR count). The number of nitrogens with zero attached hydrogens (tertiary/aromatic N) is 2. The number of carbonyl (C=O) groups is 1. The van der Waals surface area contributed by atoms with Crippen LogP contribution in [-0.2, 0) is 0 Å². The summed E-state index contributed by atoms with van der Waals surface area (Å²) < 4.78 is 0. The number of aliphatic hydroxyl groups excluding tert-OH is 1. The van der Waals surface area contributed by atoms with Gasteiger partial charge in [-0.1, -0.05) is 0 Å². The lowest BCUT2D eigenvalue weighted by Crippen LogP contribution is -2.47. The third-order valence-electron chi connectivity index (χ3n) is 2.85. The number of carbonyl (C=O) groups excluding carboxylic acids is 1. The Morgan fingerprint density at radius 2 is 2.00 bits per heavy atom. The molecule has 4 heteroatoms. The fraction of sp³-hybridized carbons (Fsp3) is 0.900. The van der Waals surface area contributed by atoms with E-state index in [2.05, 4.69) is 0 Å². The molecule has 2 amide bonds. The van der Waals surface area contributed by atoms with Gasteiger partial charge in [0.2, 0.25) is 0 Å². The van der Waals surface area contributed by atoms with Gasteiger partial charge in [-0.3, -0.25) is 0 Å². The molecule has 4 nitrogen and oxygen atoms in total. The smallest absolute Gasteiger partial charge is 0.320 e. The first-order chi connectivity index (χ1) is 6.66. The van der Waals surface area contributed by atoms with Gasteiger partial charge in [-0.15, -0.1) is 0 Å². The average molecular weight is 200 g/mol. The molecule has 82 valence electrons. The monoisotopic (exact) mass is 200 g/mol. The highest BCUT2D eigenvalue weighted by atomic mass is 16.3. The molecule has 1 fully saturated rings. The summed E-state index contributed by atoms with van der Waals surface area (Å²) in [6.07, 6.45) is 3.43. The van der Waals surface area contributed by atoms with E-state index >= 15 is 0 Å². The second-order valence-corrected chi connectivity index (χ2v) is 3.97. The Kier molecular flexibility index (Phi) is 4.20. The van der Waals surface area contributed by atoms with Gasteiger partial charge in [0.05, 0.1) is 12.6 Å². The Hall–Kier alpha value is -0.770. The van der Waals surface area contributed by atoms with Crippen LogP contribution in [-0.4, -0.2) is 53.7 Å². The van der Waals surface area contributed by atoms with Gasteiger partial charge in [0, 0.05) is 20.1 Å². The van der Waals surface area contributed by atoms with E-state index in [1.165, 1.54) is 6.42 Å². The molecule has 1 saturated heterocycles. The van der Waals surface area contributed by atoms with Crippen molar-refractivity contribution in [3.8, 4) is 0 Å². The number of aliphatic hydroxyl groups is 1. The van der Waals surface area contributed by atoms with Crippen LogP contribution in [0, 0.1) is 0 Å². The Bertz CT molecular complexity index is 187. The molecule has 0 aromatic heterocycles. The van der Waals surface area contributed by atoms with Gasteiger partial charge in [0.25, 0.3) is 0 Å². The van der Waals surface area contributed by atoms with Crippen LogP contribution in [0.1, 0.15) is 26.2 Å². The Morgan fingerprint density at radius 3 is 2.50 bits per heavy atom. The third-order valence-corrected chi connectivity index (χ3v) is 2.85. The van der Waals surface area contributed by atoms with Crippen molar-refractivity contribution in [3.05, 3.63) is 0 Å². The maximum Gasteiger partial charge on any atom is 0.320 e. The molecule has 1 N–H and O–H groups in total. The second-order valence-electron chi connectivity index (χ2n) is 3.97. The van der Waals surface area contributed by atoms with E-state index in [1.807, 2.05) is 11.8 Å². The van der Waals surface area contributed by atoms with Crippen molar-refractivity contribution in [2.75, 3.05) is 26.7 Å². The summed E-state index contributed by atoms with van der Waals surface area (Å²) in [4.78, 5) is 15.3. The summed E-state index contributed by atoms with van der Waals surface area (Å²) in [6.45, 7) is 3.60. The summed E-state index contributed by atoms with van der Waals surface area (Å²) in [5.41, 5.74) is 0. The second kappa shape index (κ2) is 5.20. The van der Waals surface area contributed by atoms with E-state index in [0.29, 0.717) is 0 Å².